The van der Waals surface area contributed by atoms with Gasteiger partial charge in [0.25, 0.3) is 0 Å². The minimum absolute atomic E-state index is 0.147. The van der Waals surface area contributed by atoms with Crippen molar-refractivity contribution in [3.63, 3.8) is 0 Å². The maximum absolute atomic E-state index is 10.2. The van der Waals surface area contributed by atoms with E-state index >= 15 is 0 Å². The van der Waals surface area contributed by atoms with Crippen LogP contribution in [0.25, 0.3) is 35.7 Å². The molecule has 4 rings (SSSR count). The Morgan fingerprint density at radius 3 is 1.41 bits per heavy atom. The van der Waals surface area contributed by atoms with Gasteiger partial charge in [-0.1, -0.05) is 24.3 Å². The molecular formula is C28H24N2O4. The Morgan fingerprint density at radius 1 is 0.588 bits per heavy atom. The lowest BCUT2D eigenvalue weighted by Crippen LogP contribution is -1.89. The molecule has 34 heavy (non-hydrogen) atoms. The van der Waals surface area contributed by atoms with Crippen molar-refractivity contribution >= 4 is 24.3 Å². The maximum atomic E-state index is 10.2. The van der Waals surface area contributed by atoms with E-state index in [2.05, 4.69) is 9.97 Å². The van der Waals surface area contributed by atoms with E-state index in [0.29, 0.717) is 22.6 Å². The summed E-state index contributed by atoms with van der Waals surface area (Å²) in [5.41, 5.74) is 4.67. The lowest BCUT2D eigenvalue weighted by Gasteiger charge is -2.05. The van der Waals surface area contributed by atoms with Crippen LogP contribution in [0.3, 0.4) is 0 Å². The number of rotatable bonds is 7. The van der Waals surface area contributed by atoms with E-state index < -0.39 is 0 Å². The van der Waals surface area contributed by atoms with E-state index in [9.17, 15) is 10.2 Å². The molecule has 2 heterocycles. The van der Waals surface area contributed by atoms with Gasteiger partial charge in [0.15, 0.2) is 0 Å². The predicted octanol–water partition coefficient (Wildman–Crippen LogP) is 5.91. The van der Waals surface area contributed by atoms with Gasteiger partial charge in [-0.25, -0.2) is 0 Å². The molecule has 0 bridgehead atoms. The zero-order valence-corrected chi connectivity index (χ0v) is 18.8. The van der Waals surface area contributed by atoms with Crippen molar-refractivity contribution in [2.45, 2.75) is 0 Å². The number of nitrogens with zero attached hydrogens (tertiary/aromatic N) is 2. The van der Waals surface area contributed by atoms with Crippen molar-refractivity contribution in [3.8, 4) is 34.4 Å². The molecule has 0 atom stereocenters. The van der Waals surface area contributed by atoms with Crippen LogP contribution in [0.1, 0.15) is 22.3 Å². The standard InChI is InChI=1S/C28H24N2O4/c1-33-23-9-7-21(27(31)17-23)5-3-19-11-13-29-25(15-19)26-16-20(12-14-30-26)4-6-22-8-10-24(34-2)18-28(22)32/h3-18,31-32H,1-2H3/b5-3+,6-4+. The number of benzene rings is 2. The van der Waals surface area contributed by atoms with E-state index in [0.717, 1.165) is 22.5 Å². The third-order valence-electron chi connectivity index (χ3n) is 5.22. The highest BCUT2D eigenvalue weighted by Gasteiger charge is 2.04. The molecule has 0 saturated carbocycles. The van der Waals surface area contributed by atoms with Gasteiger partial charge in [-0.15, -0.1) is 0 Å². The summed E-state index contributed by atoms with van der Waals surface area (Å²) in [7, 11) is 3.12. The van der Waals surface area contributed by atoms with Gasteiger partial charge in [0.05, 0.1) is 25.6 Å². The Balaban J connectivity index is 1.54. The lowest BCUT2D eigenvalue weighted by atomic mass is 10.1. The van der Waals surface area contributed by atoms with Crippen molar-refractivity contribution in [1.82, 2.24) is 9.97 Å². The van der Waals surface area contributed by atoms with E-state index in [1.165, 1.54) is 0 Å². The van der Waals surface area contributed by atoms with Gasteiger partial charge in [0, 0.05) is 35.7 Å². The van der Waals surface area contributed by atoms with Gasteiger partial charge in [-0.2, -0.15) is 0 Å². The van der Waals surface area contributed by atoms with Crippen LogP contribution in [0.5, 0.6) is 23.0 Å². The van der Waals surface area contributed by atoms with E-state index in [1.54, 1.807) is 63.0 Å². The zero-order valence-electron chi connectivity index (χ0n) is 18.8. The molecular weight excluding hydrogens is 428 g/mol. The maximum Gasteiger partial charge on any atom is 0.126 e. The quantitative estimate of drug-likeness (QED) is 0.362. The van der Waals surface area contributed by atoms with Crippen LogP contribution in [0.2, 0.25) is 0 Å². The SMILES string of the molecule is COc1ccc(/C=C/c2ccnc(-c3cc(/C=C/c4ccc(OC)cc4O)ccn3)c2)c(O)c1. The Bertz CT molecular complexity index is 1260. The van der Waals surface area contributed by atoms with Gasteiger partial charge >= 0.3 is 0 Å². The average molecular weight is 453 g/mol. The molecule has 2 aromatic heterocycles. The monoisotopic (exact) mass is 452 g/mol. The first-order valence-corrected chi connectivity index (χ1v) is 10.6. The van der Waals surface area contributed by atoms with Crippen molar-refractivity contribution < 1.29 is 19.7 Å². The number of pyridine rings is 2. The second-order valence-electron chi connectivity index (χ2n) is 7.46. The van der Waals surface area contributed by atoms with Crippen molar-refractivity contribution in [1.29, 1.82) is 0 Å². The highest BCUT2D eigenvalue weighted by atomic mass is 16.5. The number of hydrogen-bond donors (Lipinski definition) is 2. The first kappa shape index (κ1) is 22.6. The molecule has 4 aromatic rings. The Kier molecular flexibility index (Phi) is 6.89. The summed E-state index contributed by atoms with van der Waals surface area (Å²) < 4.78 is 10.2. The number of ether oxygens (including phenoxy) is 2. The number of aromatic hydroxyl groups is 2. The lowest BCUT2D eigenvalue weighted by molar-refractivity contribution is 0.407. The summed E-state index contributed by atoms with van der Waals surface area (Å²) >= 11 is 0. The summed E-state index contributed by atoms with van der Waals surface area (Å²) in [5.74, 6) is 1.49. The van der Waals surface area contributed by atoms with Crippen LogP contribution in [-0.2, 0) is 0 Å². The first-order chi connectivity index (χ1) is 16.6. The van der Waals surface area contributed by atoms with Gasteiger partial charge < -0.3 is 19.7 Å². The molecule has 2 N–H and O–H groups in total. The smallest absolute Gasteiger partial charge is 0.126 e. The Hall–Kier alpha value is -4.58. The van der Waals surface area contributed by atoms with Crippen molar-refractivity contribution in [2.75, 3.05) is 14.2 Å². The minimum Gasteiger partial charge on any atom is -0.507 e. The summed E-state index contributed by atoms with van der Waals surface area (Å²) in [6, 6.07) is 18.0. The van der Waals surface area contributed by atoms with Gasteiger partial charge in [-0.05, 0) is 59.7 Å². The second-order valence-corrected chi connectivity index (χ2v) is 7.46. The molecule has 6 nitrogen and oxygen atoms in total. The number of hydrogen-bond acceptors (Lipinski definition) is 6. The molecule has 0 aliphatic carbocycles. The van der Waals surface area contributed by atoms with Gasteiger partial charge in [-0.3, -0.25) is 9.97 Å². The molecule has 0 aliphatic heterocycles. The molecule has 0 spiro atoms. The topological polar surface area (TPSA) is 84.7 Å². The van der Waals surface area contributed by atoms with Crippen LogP contribution in [0, 0.1) is 0 Å². The van der Waals surface area contributed by atoms with Gasteiger partial charge in [0.2, 0.25) is 0 Å². The minimum atomic E-state index is 0.147. The summed E-state index contributed by atoms with van der Waals surface area (Å²) in [4.78, 5) is 8.91. The summed E-state index contributed by atoms with van der Waals surface area (Å²) in [6.45, 7) is 0. The number of phenolic OH excluding ortho intramolecular Hbond substituents is 2. The third kappa shape index (κ3) is 5.42. The Labute approximate surface area is 198 Å². The molecule has 0 aliphatic rings. The van der Waals surface area contributed by atoms with E-state index in [4.69, 9.17) is 9.47 Å². The van der Waals surface area contributed by atoms with E-state index in [-0.39, 0.29) is 11.5 Å². The molecule has 0 saturated heterocycles. The van der Waals surface area contributed by atoms with Crippen molar-refractivity contribution in [2.24, 2.45) is 0 Å². The molecule has 0 radical (unpaired) electrons. The third-order valence-corrected chi connectivity index (χ3v) is 5.22. The predicted molar refractivity (Wildman–Crippen MR) is 135 cm³/mol. The summed E-state index contributed by atoms with van der Waals surface area (Å²) in [5, 5.41) is 20.3. The number of phenols is 2. The highest BCUT2D eigenvalue weighted by molar-refractivity contribution is 5.76. The van der Waals surface area contributed by atoms with Crippen LogP contribution in [-0.4, -0.2) is 34.4 Å². The molecule has 170 valence electrons. The van der Waals surface area contributed by atoms with Crippen LogP contribution in [0.15, 0.2) is 73.1 Å². The fraction of sp³-hybridized carbons (Fsp3) is 0.0714. The normalized spacial score (nSPS) is 11.2. The fourth-order valence-corrected chi connectivity index (χ4v) is 3.34. The second kappa shape index (κ2) is 10.4. The zero-order chi connectivity index (χ0) is 23.9. The molecule has 2 aromatic carbocycles. The molecule has 0 amide bonds. The number of methoxy groups -OCH3 is 2. The van der Waals surface area contributed by atoms with Crippen LogP contribution in [0.4, 0.5) is 0 Å². The Morgan fingerprint density at radius 2 is 1.03 bits per heavy atom. The molecule has 0 unspecified atom stereocenters. The molecule has 6 heteroatoms. The first-order valence-electron chi connectivity index (χ1n) is 10.6. The molecule has 0 fully saturated rings. The fourth-order valence-electron chi connectivity index (χ4n) is 3.34. The van der Waals surface area contributed by atoms with Gasteiger partial charge in [0.1, 0.15) is 23.0 Å². The average Bonchev–Trinajstić information content (AvgIpc) is 2.87. The van der Waals surface area contributed by atoms with Crippen molar-refractivity contribution in [3.05, 3.63) is 95.3 Å². The van der Waals surface area contributed by atoms with Crippen LogP contribution >= 0.6 is 0 Å². The van der Waals surface area contributed by atoms with E-state index in [1.807, 2.05) is 48.6 Å². The van der Waals surface area contributed by atoms with Crippen LogP contribution < -0.4 is 9.47 Å². The largest absolute Gasteiger partial charge is 0.507 e. The highest BCUT2D eigenvalue weighted by Crippen LogP contribution is 2.27. The summed E-state index contributed by atoms with van der Waals surface area (Å²) in [6.07, 6.45) is 10.9. The number of aromatic nitrogens is 2.